The van der Waals surface area contributed by atoms with Gasteiger partial charge in [-0.2, -0.15) is 5.10 Å². The van der Waals surface area contributed by atoms with Crippen LogP contribution in [0, 0.1) is 0 Å². The van der Waals surface area contributed by atoms with Crippen LogP contribution in [0.5, 0.6) is 11.5 Å². The Morgan fingerprint density at radius 2 is 1.72 bits per heavy atom. The summed E-state index contributed by atoms with van der Waals surface area (Å²) >= 11 is 1.62. The third kappa shape index (κ3) is 4.22. The molecule has 1 heterocycles. The highest BCUT2D eigenvalue weighted by Gasteiger charge is 2.07. The predicted octanol–water partition coefficient (Wildman–Crippen LogP) is 4.70. The van der Waals surface area contributed by atoms with Crippen LogP contribution < -0.4 is 14.3 Å². The molecule has 0 spiro atoms. The Bertz CT molecular complexity index is 1210. The average molecular weight is 404 g/mol. The molecule has 0 N–H and O–H groups in total. The molecule has 6 heteroatoms. The number of hydrogen-bond donors (Lipinski definition) is 0. The Morgan fingerprint density at radius 1 is 0.931 bits per heavy atom. The highest BCUT2D eigenvalue weighted by Crippen LogP contribution is 2.22. The normalized spacial score (nSPS) is 12.0. The Kier molecular flexibility index (Phi) is 5.72. The first-order chi connectivity index (χ1) is 14.3. The number of nitrogens with zero attached hydrogens (tertiary/aromatic N) is 3. The fourth-order valence-corrected chi connectivity index (χ4v) is 4.08. The van der Waals surface area contributed by atoms with Gasteiger partial charge in [-0.3, -0.25) is 0 Å². The number of thiazole rings is 1. The minimum absolute atomic E-state index is 0.721. The minimum Gasteiger partial charge on any atom is -0.497 e. The summed E-state index contributed by atoms with van der Waals surface area (Å²) in [5.41, 5.74) is 3.18. The predicted molar refractivity (Wildman–Crippen MR) is 118 cm³/mol. The largest absolute Gasteiger partial charge is 0.497 e. The van der Waals surface area contributed by atoms with Gasteiger partial charge in [0.15, 0.2) is 0 Å². The molecule has 146 valence electrons. The lowest BCUT2D eigenvalue weighted by Crippen LogP contribution is -2.15. The number of ether oxygens (including phenoxy) is 2. The molecule has 0 unspecified atom stereocenters. The van der Waals surface area contributed by atoms with Crippen molar-refractivity contribution in [2.75, 3.05) is 14.2 Å². The van der Waals surface area contributed by atoms with E-state index in [-0.39, 0.29) is 0 Å². The molecule has 0 atom stereocenters. The topological polar surface area (TPSA) is 48.1 Å². The van der Waals surface area contributed by atoms with E-state index in [1.165, 1.54) is 10.3 Å². The van der Waals surface area contributed by atoms with E-state index in [2.05, 4.69) is 51.2 Å². The molecule has 3 aromatic carbocycles. The van der Waals surface area contributed by atoms with Crippen molar-refractivity contribution in [1.29, 1.82) is 0 Å². The fraction of sp³-hybridized carbons (Fsp3) is 0.130. The molecule has 0 amide bonds. The van der Waals surface area contributed by atoms with Crippen LogP contribution in [0.1, 0.15) is 11.1 Å². The van der Waals surface area contributed by atoms with Crippen LogP contribution in [0.25, 0.3) is 10.2 Å². The van der Waals surface area contributed by atoms with E-state index >= 15 is 0 Å². The van der Waals surface area contributed by atoms with Crippen LogP contribution in [-0.4, -0.2) is 25.0 Å². The number of benzene rings is 3. The maximum Gasteiger partial charge on any atom is 0.211 e. The standard InChI is InChI=1S/C23H21N3O2S/c1-27-19-12-13-21(28-2)18(14-19)15-24-25-23-26(16-17-8-4-3-5-9-17)20-10-6-7-11-22(20)29-23/h3-15H,16H2,1-2H3/b24-15+,25-23-. The van der Waals surface area contributed by atoms with E-state index in [0.717, 1.165) is 33.9 Å². The zero-order chi connectivity index (χ0) is 20.1. The van der Waals surface area contributed by atoms with E-state index in [9.17, 15) is 0 Å². The summed E-state index contributed by atoms with van der Waals surface area (Å²) < 4.78 is 14.1. The van der Waals surface area contributed by atoms with E-state index in [0.29, 0.717) is 0 Å². The maximum atomic E-state index is 5.41. The zero-order valence-electron chi connectivity index (χ0n) is 16.3. The second-order valence-electron chi connectivity index (χ2n) is 6.38. The van der Waals surface area contributed by atoms with Crippen molar-refractivity contribution < 1.29 is 9.47 Å². The molecule has 0 saturated carbocycles. The van der Waals surface area contributed by atoms with Crippen LogP contribution in [0.4, 0.5) is 0 Å². The monoisotopic (exact) mass is 403 g/mol. The van der Waals surface area contributed by atoms with Crippen molar-refractivity contribution in [3.63, 3.8) is 0 Å². The number of aromatic nitrogens is 1. The second kappa shape index (κ2) is 8.75. The van der Waals surface area contributed by atoms with Crippen molar-refractivity contribution in [1.82, 2.24) is 4.57 Å². The molecule has 4 aromatic rings. The summed E-state index contributed by atoms with van der Waals surface area (Å²) in [4.78, 5) is 0.841. The van der Waals surface area contributed by atoms with Crippen molar-refractivity contribution in [3.05, 3.63) is 88.7 Å². The third-order valence-corrected chi connectivity index (χ3v) is 5.60. The molecule has 0 bridgehead atoms. The van der Waals surface area contributed by atoms with Gasteiger partial charge in [-0.05, 0) is 35.9 Å². The van der Waals surface area contributed by atoms with Gasteiger partial charge in [0, 0.05) is 5.56 Å². The summed E-state index contributed by atoms with van der Waals surface area (Å²) in [7, 11) is 3.27. The van der Waals surface area contributed by atoms with Crippen LogP contribution in [0.2, 0.25) is 0 Å². The van der Waals surface area contributed by atoms with E-state index < -0.39 is 0 Å². The van der Waals surface area contributed by atoms with Gasteiger partial charge in [0.25, 0.3) is 0 Å². The maximum absolute atomic E-state index is 5.41. The van der Waals surface area contributed by atoms with Gasteiger partial charge < -0.3 is 14.0 Å². The summed E-state index contributed by atoms with van der Waals surface area (Å²) in [5, 5.41) is 8.87. The van der Waals surface area contributed by atoms with Crippen molar-refractivity contribution in [2.24, 2.45) is 10.2 Å². The number of rotatable bonds is 6. The Balaban J connectivity index is 1.75. The second-order valence-corrected chi connectivity index (χ2v) is 7.39. The highest BCUT2D eigenvalue weighted by molar-refractivity contribution is 7.16. The fourth-order valence-electron chi connectivity index (χ4n) is 3.10. The Morgan fingerprint density at radius 3 is 2.52 bits per heavy atom. The molecule has 0 aliphatic heterocycles. The zero-order valence-corrected chi connectivity index (χ0v) is 17.1. The molecular formula is C23H21N3O2S. The first kappa shape index (κ1) is 19.0. The summed E-state index contributed by atoms with van der Waals surface area (Å²) in [6.45, 7) is 0.738. The number of para-hydroxylation sites is 1. The average Bonchev–Trinajstić information content (AvgIpc) is 3.11. The van der Waals surface area contributed by atoms with E-state index in [4.69, 9.17) is 9.47 Å². The van der Waals surface area contributed by atoms with Gasteiger partial charge >= 0.3 is 0 Å². The van der Waals surface area contributed by atoms with Gasteiger partial charge in [-0.1, -0.05) is 53.8 Å². The lowest BCUT2D eigenvalue weighted by Gasteiger charge is -2.06. The third-order valence-electron chi connectivity index (χ3n) is 4.55. The number of fused-ring (bicyclic) bond motifs is 1. The molecule has 0 saturated heterocycles. The molecule has 4 rings (SSSR count). The van der Waals surface area contributed by atoms with Crippen LogP contribution in [-0.2, 0) is 6.54 Å². The van der Waals surface area contributed by atoms with Crippen LogP contribution >= 0.6 is 11.3 Å². The molecule has 5 nitrogen and oxygen atoms in total. The molecule has 0 radical (unpaired) electrons. The first-order valence-corrected chi connectivity index (χ1v) is 10.0. The smallest absolute Gasteiger partial charge is 0.211 e. The van der Waals surface area contributed by atoms with Gasteiger partial charge in [-0.15, -0.1) is 5.10 Å². The van der Waals surface area contributed by atoms with Gasteiger partial charge in [0.2, 0.25) is 4.80 Å². The molecular weight excluding hydrogens is 382 g/mol. The lowest BCUT2D eigenvalue weighted by molar-refractivity contribution is 0.402. The van der Waals surface area contributed by atoms with Crippen molar-refractivity contribution >= 4 is 27.8 Å². The summed E-state index contributed by atoms with van der Waals surface area (Å²) in [5.74, 6) is 1.46. The Hall–Kier alpha value is -3.38. The number of hydrogen-bond acceptors (Lipinski definition) is 5. The first-order valence-electron chi connectivity index (χ1n) is 9.20. The molecule has 1 aromatic heterocycles. The van der Waals surface area contributed by atoms with E-state index in [1.807, 2.05) is 36.4 Å². The van der Waals surface area contributed by atoms with Crippen LogP contribution in [0.3, 0.4) is 0 Å². The summed E-state index contributed by atoms with van der Waals surface area (Å²) in [6.07, 6.45) is 1.69. The molecule has 0 aliphatic rings. The SMILES string of the molecule is COc1ccc(OC)c(/C=N/N=c2\sc3ccccc3n2Cc2ccccc2)c1. The lowest BCUT2D eigenvalue weighted by atomic mass is 10.2. The molecule has 29 heavy (non-hydrogen) atoms. The van der Waals surface area contributed by atoms with E-state index in [1.54, 1.807) is 31.8 Å². The highest BCUT2D eigenvalue weighted by atomic mass is 32.1. The van der Waals surface area contributed by atoms with Gasteiger partial charge in [0.05, 0.1) is 37.2 Å². The molecule has 0 fully saturated rings. The minimum atomic E-state index is 0.721. The van der Waals surface area contributed by atoms with Crippen LogP contribution in [0.15, 0.2) is 83.0 Å². The van der Waals surface area contributed by atoms with Gasteiger partial charge in [0.1, 0.15) is 11.5 Å². The molecule has 0 aliphatic carbocycles. The Labute approximate surface area is 173 Å². The number of methoxy groups -OCH3 is 2. The van der Waals surface area contributed by atoms with Crippen molar-refractivity contribution in [2.45, 2.75) is 6.54 Å². The van der Waals surface area contributed by atoms with Gasteiger partial charge in [-0.25, -0.2) is 0 Å². The quantitative estimate of drug-likeness (QED) is 0.346. The van der Waals surface area contributed by atoms with Crippen molar-refractivity contribution in [3.8, 4) is 11.5 Å². The summed E-state index contributed by atoms with van der Waals surface area (Å²) in [6, 6.07) is 24.3.